The Labute approximate surface area is 182 Å². The van der Waals surface area contributed by atoms with Crippen LogP contribution in [0, 0.1) is 24.1 Å². The van der Waals surface area contributed by atoms with Crippen molar-refractivity contribution in [3.8, 4) is 6.07 Å². The van der Waals surface area contributed by atoms with Gasteiger partial charge in [-0.25, -0.2) is 4.39 Å². The summed E-state index contributed by atoms with van der Waals surface area (Å²) in [6.45, 7) is 4.21. The number of benzene rings is 3. The third-order valence-electron chi connectivity index (χ3n) is 6.67. The molecular weight excluding hydrogens is 389 g/mol. The van der Waals surface area contributed by atoms with Crippen molar-refractivity contribution in [3.05, 3.63) is 82.7 Å². The average molecular weight is 416 g/mol. The first kappa shape index (κ1) is 21.0. The predicted octanol–water partition coefficient (Wildman–Crippen LogP) is 4.55. The third-order valence-corrected chi connectivity index (χ3v) is 6.67. The molecule has 1 N–H and O–H groups in total. The third kappa shape index (κ3) is 4.04. The zero-order chi connectivity index (χ0) is 22.0. The Morgan fingerprint density at radius 3 is 2.42 bits per heavy atom. The number of likely N-dealkylation sites (tertiary alicyclic amines) is 1. The highest BCUT2D eigenvalue weighted by Crippen LogP contribution is 2.35. The van der Waals surface area contributed by atoms with E-state index in [-0.39, 0.29) is 17.1 Å². The van der Waals surface area contributed by atoms with Crippen LogP contribution in [0.25, 0.3) is 10.8 Å². The molecule has 1 amide bonds. The van der Waals surface area contributed by atoms with Gasteiger partial charge in [-0.2, -0.15) is 5.26 Å². The van der Waals surface area contributed by atoms with Crippen molar-refractivity contribution in [2.75, 3.05) is 26.7 Å². The maximum Gasteiger partial charge on any atom is 0.251 e. The maximum absolute atomic E-state index is 13.5. The number of carbonyl (C=O) groups excluding carboxylic acids is 1. The van der Waals surface area contributed by atoms with E-state index in [2.05, 4.69) is 23.3 Å². The summed E-state index contributed by atoms with van der Waals surface area (Å²) in [5, 5.41) is 14.4. The van der Waals surface area contributed by atoms with Crippen LogP contribution in [0.3, 0.4) is 0 Å². The van der Waals surface area contributed by atoms with Crippen LogP contribution in [0.5, 0.6) is 0 Å². The van der Waals surface area contributed by atoms with Gasteiger partial charge in [-0.15, -0.1) is 0 Å². The molecule has 1 fully saturated rings. The van der Waals surface area contributed by atoms with E-state index < -0.39 is 0 Å². The Balaban J connectivity index is 1.66. The number of piperidine rings is 1. The maximum atomic E-state index is 13.5. The lowest BCUT2D eigenvalue weighted by Gasteiger charge is -2.41. The van der Waals surface area contributed by atoms with Crippen LogP contribution in [-0.4, -0.2) is 37.5 Å². The van der Waals surface area contributed by atoms with Gasteiger partial charge in [0.1, 0.15) is 5.82 Å². The summed E-state index contributed by atoms with van der Waals surface area (Å²) in [5.41, 5.74) is 2.71. The second-order valence-electron chi connectivity index (χ2n) is 8.53. The van der Waals surface area contributed by atoms with E-state index in [1.54, 1.807) is 6.07 Å². The first-order chi connectivity index (χ1) is 14.9. The average Bonchev–Trinajstić information content (AvgIpc) is 2.80. The van der Waals surface area contributed by atoms with Gasteiger partial charge in [-0.05, 0) is 80.0 Å². The molecule has 31 heavy (non-hydrogen) atoms. The van der Waals surface area contributed by atoms with Gasteiger partial charge >= 0.3 is 0 Å². The summed E-state index contributed by atoms with van der Waals surface area (Å²) in [5.74, 6) is -0.445. The molecule has 1 heterocycles. The topological polar surface area (TPSA) is 56.1 Å². The number of aryl methyl sites for hydroxylation is 1. The highest BCUT2D eigenvalue weighted by atomic mass is 19.1. The number of rotatable bonds is 4. The monoisotopic (exact) mass is 415 g/mol. The van der Waals surface area contributed by atoms with Crippen molar-refractivity contribution >= 4 is 16.7 Å². The van der Waals surface area contributed by atoms with Crippen LogP contribution in [0.2, 0.25) is 0 Å². The highest BCUT2D eigenvalue weighted by Gasteiger charge is 2.36. The normalized spacial score (nSPS) is 16.1. The lowest BCUT2D eigenvalue weighted by molar-refractivity contribution is 0.0929. The van der Waals surface area contributed by atoms with Crippen molar-refractivity contribution in [2.24, 2.45) is 0 Å². The van der Waals surface area contributed by atoms with Crippen LogP contribution in [0.15, 0.2) is 54.6 Å². The lowest BCUT2D eigenvalue weighted by atomic mass is 9.72. The molecule has 4 rings (SSSR count). The molecule has 0 atom stereocenters. The number of amides is 1. The number of nitrogens with zero attached hydrogens (tertiary/aromatic N) is 2. The molecule has 0 spiro atoms. The fourth-order valence-electron chi connectivity index (χ4n) is 4.59. The molecule has 0 radical (unpaired) electrons. The largest absolute Gasteiger partial charge is 0.351 e. The smallest absolute Gasteiger partial charge is 0.251 e. The van der Waals surface area contributed by atoms with E-state index in [0.29, 0.717) is 17.7 Å². The Hall–Kier alpha value is -3.23. The molecule has 3 aromatic carbocycles. The SMILES string of the molecule is Cc1c(C#N)cc(C(=O)NCC2(c3ccc(F)cc3)CCN(C)CC2)c2ccccc12. The van der Waals surface area contributed by atoms with Crippen LogP contribution in [-0.2, 0) is 5.41 Å². The zero-order valence-corrected chi connectivity index (χ0v) is 17.9. The molecule has 0 aliphatic carbocycles. The number of hydrogen-bond donors (Lipinski definition) is 1. The predicted molar refractivity (Wildman–Crippen MR) is 121 cm³/mol. The van der Waals surface area contributed by atoms with Gasteiger partial charge in [0.2, 0.25) is 0 Å². The summed E-state index contributed by atoms with van der Waals surface area (Å²) in [6, 6.07) is 18.2. The second kappa shape index (κ2) is 8.49. The number of hydrogen-bond acceptors (Lipinski definition) is 3. The van der Waals surface area contributed by atoms with Gasteiger partial charge in [0.25, 0.3) is 5.91 Å². The molecule has 158 valence electrons. The first-order valence-corrected chi connectivity index (χ1v) is 10.6. The van der Waals surface area contributed by atoms with Crippen LogP contribution in [0.1, 0.15) is 39.9 Å². The highest BCUT2D eigenvalue weighted by molar-refractivity contribution is 6.08. The number of nitrogens with one attached hydrogen (secondary N) is 1. The van der Waals surface area contributed by atoms with Crippen LogP contribution in [0.4, 0.5) is 4.39 Å². The molecule has 0 bridgehead atoms. The number of halogens is 1. The fourth-order valence-corrected chi connectivity index (χ4v) is 4.59. The van der Waals surface area contributed by atoms with E-state index in [4.69, 9.17) is 0 Å². The Morgan fingerprint density at radius 2 is 1.77 bits per heavy atom. The fraction of sp³-hybridized carbons (Fsp3) is 0.308. The Morgan fingerprint density at radius 1 is 1.13 bits per heavy atom. The van der Waals surface area contributed by atoms with E-state index in [0.717, 1.165) is 47.8 Å². The van der Waals surface area contributed by atoms with Crippen molar-refractivity contribution in [1.29, 1.82) is 5.26 Å². The first-order valence-electron chi connectivity index (χ1n) is 10.6. The van der Waals surface area contributed by atoms with Gasteiger partial charge in [0, 0.05) is 17.5 Å². The van der Waals surface area contributed by atoms with E-state index in [1.165, 1.54) is 12.1 Å². The number of fused-ring (bicyclic) bond motifs is 1. The molecule has 1 saturated heterocycles. The molecule has 3 aromatic rings. The minimum atomic E-state index is -0.258. The second-order valence-corrected chi connectivity index (χ2v) is 8.53. The minimum absolute atomic E-state index is 0.187. The van der Waals surface area contributed by atoms with Crippen molar-refractivity contribution in [2.45, 2.75) is 25.2 Å². The molecular formula is C26H26FN3O. The Kier molecular flexibility index (Phi) is 5.75. The summed E-state index contributed by atoms with van der Waals surface area (Å²) < 4.78 is 13.5. The summed E-state index contributed by atoms with van der Waals surface area (Å²) in [4.78, 5) is 15.6. The van der Waals surface area contributed by atoms with E-state index in [9.17, 15) is 14.4 Å². The van der Waals surface area contributed by atoms with Gasteiger partial charge in [0.15, 0.2) is 0 Å². The van der Waals surface area contributed by atoms with Gasteiger partial charge in [-0.1, -0.05) is 36.4 Å². The van der Waals surface area contributed by atoms with E-state index >= 15 is 0 Å². The summed E-state index contributed by atoms with van der Waals surface area (Å²) >= 11 is 0. The van der Waals surface area contributed by atoms with Gasteiger partial charge in [-0.3, -0.25) is 4.79 Å². The molecule has 0 aromatic heterocycles. The minimum Gasteiger partial charge on any atom is -0.351 e. The van der Waals surface area contributed by atoms with Gasteiger partial charge < -0.3 is 10.2 Å². The molecule has 5 heteroatoms. The zero-order valence-electron chi connectivity index (χ0n) is 17.9. The van der Waals surface area contributed by atoms with Crippen LogP contribution >= 0.6 is 0 Å². The standard InChI is InChI=1S/C26H26FN3O/c1-18-19(16-28)15-24(23-6-4-3-5-22(18)23)25(31)29-17-26(11-13-30(2)14-12-26)20-7-9-21(27)10-8-20/h3-10,15H,11-14,17H2,1-2H3,(H,29,31). The molecule has 0 saturated carbocycles. The molecule has 1 aliphatic rings. The quantitative estimate of drug-likeness (QED) is 0.680. The molecule has 0 unspecified atom stereocenters. The molecule has 1 aliphatic heterocycles. The van der Waals surface area contributed by atoms with Crippen molar-refractivity contribution < 1.29 is 9.18 Å². The lowest BCUT2D eigenvalue weighted by Crippen LogP contribution is -2.48. The van der Waals surface area contributed by atoms with Crippen molar-refractivity contribution in [3.63, 3.8) is 0 Å². The number of nitriles is 1. The van der Waals surface area contributed by atoms with Crippen LogP contribution < -0.4 is 5.32 Å². The summed E-state index contributed by atoms with van der Waals surface area (Å²) in [7, 11) is 2.09. The summed E-state index contributed by atoms with van der Waals surface area (Å²) in [6.07, 6.45) is 1.76. The number of carbonyl (C=O) groups is 1. The Bertz CT molecular complexity index is 1160. The molecule has 4 nitrogen and oxygen atoms in total. The van der Waals surface area contributed by atoms with E-state index in [1.807, 2.05) is 43.3 Å². The van der Waals surface area contributed by atoms with Gasteiger partial charge in [0.05, 0.1) is 11.6 Å². The van der Waals surface area contributed by atoms with Crippen molar-refractivity contribution in [1.82, 2.24) is 10.2 Å².